The molecule has 2 N–H and O–H groups in total. The second-order valence-corrected chi connectivity index (χ2v) is 6.69. The molecule has 9 heteroatoms. The maximum atomic E-state index is 14.2. The first-order valence-electron chi connectivity index (χ1n) is 9.56. The topological polar surface area (TPSA) is 97.5 Å². The number of halogens is 1. The molecule has 30 heavy (non-hydrogen) atoms. The molecule has 4 aromatic heterocycles. The van der Waals surface area contributed by atoms with Crippen LogP contribution in [0.3, 0.4) is 0 Å². The number of aliphatic hydroxyl groups excluding tert-OH is 1. The van der Waals surface area contributed by atoms with Gasteiger partial charge in [-0.1, -0.05) is 6.07 Å². The van der Waals surface area contributed by atoms with Crippen LogP contribution in [0.4, 0.5) is 15.9 Å². The number of aryl methyl sites for hydroxylation is 1. The van der Waals surface area contributed by atoms with Crippen LogP contribution in [0.5, 0.6) is 5.88 Å². The number of unbranched alkanes of at least 4 members (excludes halogenated alkanes) is 1. The Hall–Kier alpha value is -3.59. The highest BCUT2D eigenvalue weighted by Gasteiger charge is 2.14. The van der Waals surface area contributed by atoms with Gasteiger partial charge in [0.15, 0.2) is 11.6 Å². The SMILES string of the molecule is COc1cccc(-c2nc(Nc3ccncc3F)c3cc(CCCCO)cn3n2)n1. The molecule has 0 amide bonds. The molecule has 0 aromatic carbocycles. The first-order chi connectivity index (χ1) is 14.7. The summed E-state index contributed by atoms with van der Waals surface area (Å²) in [6.45, 7) is 0.160. The van der Waals surface area contributed by atoms with E-state index < -0.39 is 5.82 Å². The summed E-state index contributed by atoms with van der Waals surface area (Å²) in [6.07, 6.45) is 6.93. The Morgan fingerprint density at radius 3 is 2.90 bits per heavy atom. The first kappa shape index (κ1) is 19.7. The standard InChI is InChI=1S/C21H21FN6O2/c1-30-19-7-4-6-17(24-19)20-26-21(25-16-8-9-23-12-15(16)22)18-11-14(5-2-3-10-29)13-28(18)27-20/h4,6-9,11-13,29H,2-3,5,10H2,1H3,(H,23,25,26,27). The molecule has 4 heterocycles. The molecule has 0 aliphatic rings. The predicted molar refractivity (Wildman–Crippen MR) is 110 cm³/mol. The molecule has 0 atom stereocenters. The van der Waals surface area contributed by atoms with Crippen LogP contribution in [0.15, 0.2) is 48.9 Å². The molecule has 0 bridgehead atoms. The minimum atomic E-state index is -0.481. The van der Waals surface area contributed by atoms with Gasteiger partial charge in [-0.05, 0) is 43.0 Å². The number of nitrogens with one attached hydrogen (secondary N) is 1. The number of rotatable bonds is 8. The Balaban J connectivity index is 1.79. The van der Waals surface area contributed by atoms with E-state index in [-0.39, 0.29) is 12.3 Å². The van der Waals surface area contributed by atoms with Crippen molar-refractivity contribution in [1.82, 2.24) is 24.6 Å². The molecular weight excluding hydrogens is 387 g/mol. The lowest BCUT2D eigenvalue weighted by atomic mass is 10.1. The zero-order chi connectivity index (χ0) is 20.9. The summed E-state index contributed by atoms with van der Waals surface area (Å²) in [4.78, 5) is 12.8. The summed E-state index contributed by atoms with van der Waals surface area (Å²) in [5.74, 6) is 0.784. The summed E-state index contributed by atoms with van der Waals surface area (Å²) < 4.78 is 21.1. The summed E-state index contributed by atoms with van der Waals surface area (Å²) in [7, 11) is 1.54. The average molecular weight is 408 g/mol. The highest BCUT2D eigenvalue weighted by molar-refractivity contribution is 5.75. The van der Waals surface area contributed by atoms with Crippen molar-refractivity contribution in [3.05, 3.63) is 60.3 Å². The Morgan fingerprint density at radius 1 is 1.20 bits per heavy atom. The predicted octanol–water partition coefficient (Wildman–Crippen LogP) is 3.39. The lowest BCUT2D eigenvalue weighted by molar-refractivity contribution is 0.284. The van der Waals surface area contributed by atoms with Crippen molar-refractivity contribution in [1.29, 1.82) is 0 Å². The highest BCUT2D eigenvalue weighted by Crippen LogP contribution is 2.26. The minimum Gasteiger partial charge on any atom is -0.481 e. The largest absolute Gasteiger partial charge is 0.481 e. The maximum absolute atomic E-state index is 14.2. The molecule has 0 saturated heterocycles. The quantitative estimate of drug-likeness (QED) is 0.431. The van der Waals surface area contributed by atoms with Gasteiger partial charge in [0.05, 0.1) is 19.0 Å². The van der Waals surface area contributed by atoms with Gasteiger partial charge in [-0.3, -0.25) is 4.98 Å². The molecule has 0 saturated carbocycles. The molecule has 4 aromatic rings. The third-order valence-corrected chi connectivity index (χ3v) is 4.58. The van der Waals surface area contributed by atoms with Gasteiger partial charge in [0, 0.05) is 25.1 Å². The second-order valence-electron chi connectivity index (χ2n) is 6.69. The number of methoxy groups -OCH3 is 1. The number of anilines is 2. The van der Waals surface area contributed by atoms with Gasteiger partial charge in [-0.15, -0.1) is 5.10 Å². The van der Waals surface area contributed by atoms with Crippen molar-refractivity contribution in [3.8, 4) is 17.4 Å². The Labute approximate surface area is 172 Å². The molecule has 0 aliphatic carbocycles. The fourth-order valence-corrected chi connectivity index (χ4v) is 3.09. The van der Waals surface area contributed by atoms with Gasteiger partial charge >= 0.3 is 0 Å². The lowest BCUT2D eigenvalue weighted by Crippen LogP contribution is -2.05. The van der Waals surface area contributed by atoms with Crippen LogP contribution in [0, 0.1) is 5.82 Å². The number of nitrogens with zero attached hydrogens (tertiary/aromatic N) is 5. The third-order valence-electron chi connectivity index (χ3n) is 4.58. The fraction of sp³-hybridized carbons (Fsp3) is 0.238. The monoisotopic (exact) mass is 408 g/mol. The number of aliphatic hydroxyl groups is 1. The van der Waals surface area contributed by atoms with Gasteiger partial charge in [0.2, 0.25) is 11.7 Å². The molecule has 4 rings (SSSR count). The summed E-state index contributed by atoms with van der Waals surface area (Å²) in [6, 6.07) is 8.83. The van der Waals surface area contributed by atoms with Crippen LogP contribution in [0.1, 0.15) is 18.4 Å². The Bertz CT molecular complexity index is 1160. The highest BCUT2D eigenvalue weighted by atomic mass is 19.1. The van der Waals surface area contributed by atoms with Gasteiger partial charge in [0.1, 0.15) is 11.2 Å². The maximum Gasteiger partial charge on any atom is 0.213 e. The van der Waals surface area contributed by atoms with E-state index in [9.17, 15) is 4.39 Å². The van der Waals surface area contributed by atoms with Gasteiger partial charge in [-0.2, -0.15) is 0 Å². The van der Waals surface area contributed by atoms with E-state index in [1.54, 1.807) is 35.9 Å². The average Bonchev–Trinajstić information content (AvgIpc) is 3.19. The number of fused-ring (bicyclic) bond motifs is 1. The Kier molecular flexibility index (Phi) is 5.80. The van der Waals surface area contributed by atoms with Crippen LogP contribution in [-0.2, 0) is 6.42 Å². The number of hydrogen-bond acceptors (Lipinski definition) is 7. The van der Waals surface area contributed by atoms with Crippen LogP contribution in [0.25, 0.3) is 17.0 Å². The molecule has 0 radical (unpaired) electrons. The number of aromatic nitrogens is 5. The van der Waals surface area contributed by atoms with Crippen LogP contribution < -0.4 is 10.1 Å². The summed E-state index contributed by atoms with van der Waals surface area (Å²) in [5.41, 5.74) is 2.55. The second kappa shape index (κ2) is 8.83. The molecule has 154 valence electrons. The molecule has 0 unspecified atom stereocenters. The molecule has 8 nitrogen and oxygen atoms in total. The normalized spacial score (nSPS) is 11.0. The van der Waals surface area contributed by atoms with Crippen molar-refractivity contribution in [2.75, 3.05) is 19.0 Å². The molecule has 0 aliphatic heterocycles. The Morgan fingerprint density at radius 2 is 2.10 bits per heavy atom. The van der Waals surface area contributed by atoms with Crippen molar-refractivity contribution in [2.24, 2.45) is 0 Å². The number of hydrogen-bond donors (Lipinski definition) is 2. The molecule has 0 spiro atoms. The third kappa shape index (κ3) is 4.20. The number of ether oxygens (including phenoxy) is 1. The van der Waals surface area contributed by atoms with Crippen molar-refractivity contribution < 1.29 is 14.2 Å². The van der Waals surface area contributed by atoms with E-state index in [0.717, 1.165) is 31.0 Å². The van der Waals surface area contributed by atoms with E-state index in [2.05, 4.69) is 25.4 Å². The fourth-order valence-electron chi connectivity index (χ4n) is 3.09. The van der Waals surface area contributed by atoms with E-state index in [4.69, 9.17) is 9.84 Å². The van der Waals surface area contributed by atoms with E-state index in [1.165, 1.54) is 6.20 Å². The van der Waals surface area contributed by atoms with Crippen molar-refractivity contribution in [3.63, 3.8) is 0 Å². The van der Waals surface area contributed by atoms with Gasteiger partial charge in [0.25, 0.3) is 0 Å². The van der Waals surface area contributed by atoms with E-state index in [1.807, 2.05) is 12.3 Å². The summed E-state index contributed by atoms with van der Waals surface area (Å²) >= 11 is 0. The number of pyridine rings is 2. The van der Waals surface area contributed by atoms with E-state index in [0.29, 0.717) is 28.7 Å². The molecule has 0 fully saturated rings. The zero-order valence-electron chi connectivity index (χ0n) is 16.4. The van der Waals surface area contributed by atoms with Crippen molar-refractivity contribution >= 4 is 17.0 Å². The minimum absolute atomic E-state index is 0.160. The van der Waals surface area contributed by atoms with Crippen molar-refractivity contribution in [2.45, 2.75) is 19.3 Å². The smallest absolute Gasteiger partial charge is 0.213 e. The van der Waals surface area contributed by atoms with Gasteiger partial charge < -0.3 is 15.2 Å². The lowest BCUT2D eigenvalue weighted by Gasteiger charge is -2.10. The van der Waals surface area contributed by atoms with Crippen LogP contribution in [-0.4, -0.2) is 43.4 Å². The first-order valence-corrected chi connectivity index (χ1v) is 9.56. The van der Waals surface area contributed by atoms with Gasteiger partial charge in [-0.25, -0.2) is 18.9 Å². The molecular formula is C21H21FN6O2. The summed E-state index contributed by atoms with van der Waals surface area (Å²) in [5, 5.41) is 16.7. The van der Waals surface area contributed by atoms with Crippen LogP contribution >= 0.6 is 0 Å². The zero-order valence-corrected chi connectivity index (χ0v) is 16.4. The van der Waals surface area contributed by atoms with E-state index >= 15 is 0 Å². The van der Waals surface area contributed by atoms with Crippen LogP contribution in [0.2, 0.25) is 0 Å².